The molecule has 0 radical (unpaired) electrons. The first-order chi connectivity index (χ1) is 8.95. The number of rotatable bonds is 4. The highest BCUT2D eigenvalue weighted by Crippen LogP contribution is 2.27. The largest absolute Gasteiger partial charge is 0.326 e. The maximum absolute atomic E-state index is 13.1. The highest BCUT2D eigenvalue weighted by Gasteiger charge is 2.23. The van der Waals surface area contributed by atoms with E-state index in [-0.39, 0.29) is 16.4 Å². The Hall–Kier alpha value is -1.44. The van der Waals surface area contributed by atoms with Gasteiger partial charge in [-0.15, -0.1) is 11.3 Å². The van der Waals surface area contributed by atoms with E-state index < -0.39 is 15.8 Å². The number of nitrogens with two attached hydrogens (primary N) is 1. The van der Waals surface area contributed by atoms with Crippen molar-refractivity contribution in [2.75, 3.05) is 11.4 Å². The molecule has 0 amide bonds. The molecule has 0 atom stereocenters. The Balaban J connectivity index is 2.39. The van der Waals surface area contributed by atoms with E-state index in [1.165, 1.54) is 37.4 Å². The SMILES string of the molecule is CN(c1cccc(F)c1)S(=O)(=O)c1cc(CN)cs1. The van der Waals surface area contributed by atoms with E-state index in [1.54, 1.807) is 5.38 Å². The molecule has 0 saturated carbocycles. The molecule has 0 spiro atoms. The smallest absolute Gasteiger partial charge is 0.273 e. The van der Waals surface area contributed by atoms with Crippen LogP contribution in [0.3, 0.4) is 0 Å². The van der Waals surface area contributed by atoms with Gasteiger partial charge >= 0.3 is 0 Å². The first-order valence-corrected chi connectivity index (χ1v) is 7.79. The van der Waals surface area contributed by atoms with Gasteiger partial charge < -0.3 is 5.73 Å². The van der Waals surface area contributed by atoms with Crippen molar-refractivity contribution in [3.05, 3.63) is 47.1 Å². The summed E-state index contributed by atoms with van der Waals surface area (Å²) in [7, 11) is -2.27. The normalized spacial score (nSPS) is 11.5. The summed E-state index contributed by atoms with van der Waals surface area (Å²) in [4.78, 5) is 0. The van der Waals surface area contributed by atoms with Crippen molar-refractivity contribution in [2.24, 2.45) is 5.73 Å². The standard InChI is InChI=1S/C12H13FN2O2S2/c1-15(11-4-2-3-10(13)6-11)19(16,17)12-5-9(7-14)8-18-12/h2-6,8H,7,14H2,1H3. The van der Waals surface area contributed by atoms with Gasteiger partial charge in [-0.25, -0.2) is 12.8 Å². The second kappa shape index (κ2) is 5.28. The van der Waals surface area contributed by atoms with Crippen LogP contribution in [-0.4, -0.2) is 15.5 Å². The van der Waals surface area contributed by atoms with E-state index in [0.717, 1.165) is 21.2 Å². The summed E-state index contributed by atoms with van der Waals surface area (Å²) < 4.78 is 39.1. The van der Waals surface area contributed by atoms with E-state index in [4.69, 9.17) is 5.73 Å². The summed E-state index contributed by atoms with van der Waals surface area (Å²) in [5.74, 6) is -0.478. The third kappa shape index (κ3) is 2.78. The Kier molecular flexibility index (Phi) is 3.88. The molecule has 19 heavy (non-hydrogen) atoms. The molecule has 0 fully saturated rings. The number of hydrogen-bond acceptors (Lipinski definition) is 4. The molecule has 2 rings (SSSR count). The highest BCUT2D eigenvalue weighted by atomic mass is 32.2. The topological polar surface area (TPSA) is 63.4 Å². The Bertz CT molecular complexity index is 683. The van der Waals surface area contributed by atoms with Crippen molar-refractivity contribution in [1.82, 2.24) is 0 Å². The zero-order valence-electron chi connectivity index (χ0n) is 10.2. The molecule has 4 nitrogen and oxygen atoms in total. The molecule has 2 aromatic rings. The van der Waals surface area contributed by atoms with E-state index in [1.807, 2.05) is 0 Å². The van der Waals surface area contributed by atoms with E-state index in [2.05, 4.69) is 0 Å². The molecule has 1 aromatic carbocycles. The van der Waals surface area contributed by atoms with Gasteiger partial charge in [0.25, 0.3) is 10.0 Å². The number of nitrogens with zero attached hydrogens (tertiary/aromatic N) is 1. The van der Waals surface area contributed by atoms with Gasteiger partial charge in [-0.2, -0.15) is 0 Å². The quantitative estimate of drug-likeness (QED) is 0.941. The van der Waals surface area contributed by atoms with Crippen LogP contribution in [0.4, 0.5) is 10.1 Å². The number of sulfonamides is 1. The van der Waals surface area contributed by atoms with E-state index in [9.17, 15) is 12.8 Å². The molecule has 0 aliphatic heterocycles. The van der Waals surface area contributed by atoms with Crippen LogP contribution in [0.25, 0.3) is 0 Å². The number of anilines is 1. The molecule has 0 bridgehead atoms. The van der Waals surface area contributed by atoms with Crippen molar-refractivity contribution < 1.29 is 12.8 Å². The average molecular weight is 300 g/mol. The fourth-order valence-corrected chi connectivity index (χ4v) is 4.12. The number of halogens is 1. The predicted octanol–water partition coefficient (Wildman–Crippen LogP) is 2.17. The lowest BCUT2D eigenvalue weighted by atomic mass is 10.3. The first kappa shape index (κ1) is 14.0. The molecule has 2 N–H and O–H groups in total. The minimum Gasteiger partial charge on any atom is -0.326 e. The maximum Gasteiger partial charge on any atom is 0.273 e. The lowest BCUT2D eigenvalue weighted by Gasteiger charge is -2.18. The monoisotopic (exact) mass is 300 g/mol. The molecule has 1 aromatic heterocycles. The fourth-order valence-electron chi connectivity index (χ4n) is 1.54. The van der Waals surface area contributed by atoms with E-state index >= 15 is 0 Å². The minimum absolute atomic E-state index is 0.194. The summed E-state index contributed by atoms with van der Waals surface area (Å²) >= 11 is 1.10. The van der Waals surface area contributed by atoms with Gasteiger partial charge in [0.05, 0.1) is 5.69 Å². The van der Waals surface area contributed by atoms with Crippen molar-refractivity contribution in [2.45, 2.75) is 10.8 Å². The van der Waals surface area contributed by atoms with Gasteiger partial charge in [-0.05, 0) is 35.2 Å². The zero-order valence-corrected chi connectivity index (χ0v) is 11.8. The molecule has 0 unspecified atom stereocenters. The van der Waals surface area contributed by atoms with Crippen LogP contribution in [0.5, 0.6) is 0 Å². The predicted molar refractivity (Wildman–Crippen MR) is 74.2 cm³/mol. The third-order valence-electron chi connectivity index (χ3n) is 2.65. The molecule has 0 saturated heterocycles. The molecule has 7 heteroatoms. The lowest BCUT2D eigenvalue weighted by molar-refractivity contribution is 0.596. The van der Waals surface area contributed by atoms with Gasteiger partial charge in [0.2, 0.25) is 0 Å². The Morgan fingerprint density at radius 2 is 2.11 bits per heavy atom. The Labute approximate surface area is 115 Å². The Morgan fingerprint density at radius 3 is 2.68 bits per heavy atom. The number of hydrogen-bond donors (Lipinski definition) is 1. The molecule has 102 valence electrons. The molecule has 1 heterocycles. The summed E-state index contributed by atoms with van der Waals surface area (Å²) in [5, 5.41) is 1.70. The molecular weight excluding hydrogens is 287 g/mol. The summed E-state index contributed by atoms with van der Waals surface area (Å²) in [6.07, 6.45) is 0. The second-order valence-corrected chi connectivity index (χ2v) is 7.04. The van der Waals surface area contributed by atoms with Crippen LogP contribution in [0.15, 0.2) is 39.9 Å². The summed E-state index contributed by atoms with van der Waals surface area (Å²) in [6, 6.07) is 6.99. The second-order valence-electron chi connectivity index (χ2n) is 3.93. The third-order valence-corrected chi connectivity index (χ3v) is 5.90. The van der Waals surface area contributed by atoms with Gasteiger partial charge in [-0.3, -0.25) is 4.31 Å². The van der Waals surface area contributed by atoms with Crippen molar-refractivity contribution in [3.63, 3.8) is 0 Å². The average Bonchev–Trinajstić information content (AvgIpc) is 2.87. The van der Waals surface area contributed by atoms with Crippen molar-refractivity contribution in [1.29, 1.82) is 0 Å². The van der Waals surface area contributed by atoms with Crippen LogP contribution in [0, 0.1) is 5.82 Å². The Morgan fingerprint density at radius 1 is 1.37 bits per heavy atom. The summed E-state index contributed by atoms with van der Waals surface area (Å²) in [5.41, 5.74) is 6.50. The number of benzene rings is 1. The van der Waals surface area contributed by atoms with Crippen LogP contribution in [0.2, 0.25) is 0 Å². The zero-order chi connectivity index (χ0) is 14.0. The van der Waals surface area contributed by atoms with Crippen molar-refractivity contribution in [3.8, 4) is 0 Å². The minimum atomic E-state index is -3.67. The molecule has 0 aliphatic carbocycles. The van der Waals surface area contributed by atoms with Gasteiger partial charge in [-0.1, -0.05) is 6.07 Å². The van der Waals surface area contributed by atoms with Crippen LogP contribution in [-0.2, 0) is 16.6 Å². The van der Waals surface area contributed by atoms with Gasteiger partial charge in [0, 0.05) is 13.6 Å². The first-order valence-electron chi connectivity index (χ1n) is 5.47. The van der Waals surface area contributed by atoms with Crippen LogP contribution >= 0.6 is 11.3 Å². The van der Waals surface area contributed by atoms with Crippen LogP contribution in [0.1, 0.15) is 5.56 Å². The molecular formula is C12H13FN2O2S2. The van der Waals surface area contributed by atoms with E-state index in [0.29, 0.717) is 0 Å². The number of thiophene rings is 1. The van der Waals surface area contributed by atoms with Gasteiger partial charge in [0.1, 0.15) is 10.0 Å². The van der Waals surface area contributed by atoms with Crippen molar-refractivity contribution >= 4 is 27.0 Å². The summed E-state index contributed by atoms with van der Waals surface area (Å²) in [6.45, 7) is 0.287. The van der Waals surface area contributed by atoms with Gasteiger partial charge in [0.15, 0.2) is 0 Å². The maximum atomic E-state index is 13.1. The molecule has 0 aliphatic rings. The fraction of sp³-hybridized carbons (Fsp3) is 0.167. The highest BCUT2D eigenvalue weighted by molar-refractivity contribution is 7.94. The van der Waals surface area contributed by atoms with Crippen LogP contribution < -0.4 is 10.0 Å². The lowest BCUT2D eigenvalue weighted by Crippen LogP contribution is -2.25.